The van der Waals surface area contributed by atoms with Gasteiger partial charge in [-0.15, -0.1) is 0 Å². The molecule has 0 saturated carbocycles. The highest BCUT2D eigenvalue weighted by atomic mass is 16.5. The van der Waals surface area contributed by atoms with Crippen LogP contribution in [0.5, 0.6) is 5.75 Å². The fourth-order valence-electron chi connectivity index (χ4n) is 1.84. The molecule has 2 aromatic rings. The molecular formula is C14H9NO3. The quantitative estimate of drug-likeness (QED) is 0.797. The lowest BCUT2D eigenvalue weighted by molar-refractivity contribution is 0.0697. The Morgan fingerprint density at radius 3 is 3.00 bits per heavy atom. The number of aromatic nitrogens is 1. The Labute approximate surface area is 102 Å². The van der Waals surface area contributed by atoms with Crippen LogP contribution in [0.25, 0.3) is 12.3 Å². The van der Waals surface area contributed by atoms with Crippen LogP contribution in [0.1, 0.15) is 15.9 Å². The second-order valence-corrected chi connectivity index (χ2v) is 3.92. The summed E-state index contributed by atoms with van der Waals surface area (Å²) in [5, 5.41) is 10.6. The molecule has 0 radical (unpaired) electrons. The molecule has 18 heavy (non-hydrogen) atoms. The Hall–Kier alpha value is -2.62. The molecule has 1 aromatic heterocycles. The molecule has 0 bridgehead atoms. The third-order valence-corrected chi connectivity index (χ3v) is 2.74. The van der Waals surface area contributed by atoms with Gasteiger partial charge >= 0.3 is 5.97 Å². The molecule has 2 heterocycles. The number of carboxylic acids is 1. The maximum absolute atomic E-state index is 10.9. The smallest absolute Gasteiger partial charge is 0.335 e. The third-order valence-electron chi connectivity index (χ3n) is 2.74. The van der Waals surface area contributed by atoms with Gasteiger partial charge < -0.3 is 9.84 Å². The Morgan fingerprint density at radius 2 is 2.17 bits per heavy atom. The van der Waals surface area contributed by atoms with E-state index in [-0.39, 0.29) is 5.56 Å². The van der Waals surface area contributed by atoms with Crippen LogP contribution in [0.15, 0.2) is 36.5 Å². The summed E-state index contributed by atoms with van der Waals surface area (Å²) >= 11 is 0. The van der Waals surface area contributed by atoms with Gasteiger partial charge in [-0.05, 0) is 30.3 Å². The number of benzene rings is 1. The molecular weight excluding hydrogens is 230 g/mol. The first-order valence-corrected chi connectivity index (χ1v) is 5.41. The maximum atomic E-state index is 10.9. The number of aromatic carboxylic acids is 1. The van der Waals surface area contributed by atoms with Gasteiger partial charge in [-0.25, -0.2) is 4.79 Å². The van der Waals surface area contributed by atoms with Gasteiger partial charge in [-0.2, -0.15) is 0 Å². The summed E-state index contributed by atoms with van der Waals surface area (Å²) in [6.45, 7) is 0. The normalized spacial score (nSPS) is 12.0. The summed E-state index contributed by atoms with van der Waals surface area (Å²) in [6, 6.07) is 8.50. The predicted molar refractivity (Wildman–Crippen MR) is 65.5 cm³/mol. The fraction of sp³-hybridized carbons (Fsp3) is 0. The van der Waals surface area contributed by atoms with Crippen LogP contribution in [-0.2, 0) is 0 Å². The van der Waals surface area contributed by atoms with Crippen LogP contribution < -0.4 is 15.3 Å². The molecule has 1 aromatic carbocycles. The summed E-state index contributed by atoms with van der Waals surface area (Å²) in [5.41, 5.74) is 0.971. The van der Waals surface area contributed by atoms with E-state index in [1.807, 2.05) is 18.2 Å². The van der Waals surface area contributed by atoms with Crippen molar-refractivity contribution in [3.8, 4) is 5.75 Å². The van der Waals surface area contributed by atoms with Crippen molar-refractivity contribution >= 4 is 18.3 Å². The van der Waals surface area contributed by atoms with Gasteiger partial charge in [0.15, 0.2) is 0 Å². The van der Waals surface area contributed by atoms with Crippen molar-refractivity contribution in [3.63, 3.8) is 0 Å². The summed E-state index contributed by atoms with van der Waals surface area (Å²) in [7, 11) is 0. The largest absolute Gasteiger partial charge is 0.478 e. The van der Waals surface area contributed by atoms with Gasteiger partial charge in [0.25, 0.3) is 0 Å². The zero-order valence-corrected chi connectivity index (χ0v) is 9.33. The SMILES string of the molecule is O=C(O)c1ccc2c(c1)C=c1cccnc1=CO2. The van der Waals surface area contributed by atoms with Crippen LogP contribution >= 0.6 is 0 Å². The predicted octanol–water partition coefficient (Wildman–Crippen LogP) is 0.739. The Kier molecular flexibility index (Phi) is 2.34. The average Bonchev–Trinajstić information content (AvgIpc) is 2.56. The lowest BCUT2D eigenvalue weighted by atomic mass is 10.1. The molecule has 1 aliphatic rings. The van der Waals surface area contributed by atoms with Gasteiger partial charge in [0, 0.05) is 17.0 Å². The Bertz CT molecular complexity index is 750. The molecule has 0 atom stereocenters. The van der Waals surface area contributed by atoms with Crippen molar-refractivity contribution in [2.24, 2.45) is 0 Å². The number of carbonyl (C=O) groups is 1. The third kappa shape index (κ3) is 1.73. The molecule has 88 valence electrons. The van der Waals surface area contributed by atoms with Gasteiger partial charge in [0.05, 0.1) is 5.56 Å². The van der Waals surface area contributed by atoms with Crippen molar-refractivity contribution in [2.45, 2.75) is 0 Å². The zero-order valence-electron chi connectivity index (χ0n) is 9.33. The number of hydrogen-bond acceptors (Lipinski definition) is 3. The van der Waals surface area contributed by atoms with Crippen molar-refractivity contribution in [1.82, 2.24) is 4.98 Å². The minimum absolute atomic E-state index is 0.237. The standard InChI is InChI=1S/C14H9NO3/c16-14(17)10-3-4-13-11(7-10)6-9-2-1-5-15-12(9)8-18-13/h1-8H,(H,16,17). The number of pyridine rings is 1. The molecule has 0 fully saturated rings. The number of nitrogens with zero attached hydrogens (tertiary/aromatic N) is 1. The monoisotopic (exact) mass is 239 g/mol. The van der Waals surface area contributed by atoms with Crippen molar-refractivity contribution in [3.05, 3.63) is 58.2 Å². The molecule has 3 rings (SSSR count). The molecule has 4 heteroatoms. The molecule has 0 spiro atoms. The number of carboxylic acid groups (broad SMARTS) is 1. The highest BCUT2D eigenvalue weighted by molar-refractivity contribution is 5.89. The van der Waals surface area contributed by atoms with E-state index in [2.05, 4.69) is 4.98 Å². The zero-order chi connectivity index (χ0) is 12.5. The van der Waals surface area contributed by atoms with E-state index < -0.39 is 5.97 Å². The average molecular weight is 239 g/mol. The van der Waals surface area contributed by atoms with Crippen LogP contribution in [0.3, 0.4) is 0 Å². The van der Waals surface area contributed by atoms with Crippen LogP contribution in [0, 0.1) is 0 Å². The highest BCUT2D eigenvalue weighted by Crippen LogP contribution is 2.22. The second kappa shape index (κ2) is 4.00. The molecule has 0 amide bonds. The molecule has 0 unspecified atom stereocenters. The summed E-state index contributed by atoms with van der Waals surface area (Å²) in [5.74, 6) is -0.330. The van der Waals surface area contributed by atoms with Crippen LogP contribution in [0.4, 0.5) is 0 Å². The van der Waals surface area contributed by atoms with Crippen molar-refractivity contribution in [2.75, 3.05) is 0 Å². The molecule has 0 saturated heterocycles. The lowest BCUT2D eigenvalue weighted by Gasteiger charge is -2.04. The van der Waals surface area contributed by atoms with Crippen molar-refractivity contribution in [1.29, 1.82) is 0 Å². The number of hydrogen-bond donors (Lipinski definition) is 1. The first-order chi connectivity index (χ1) is 8.74. The van der Waals surface area contributed by atoms with Crippen molar-refractivity contribution < 1.29 is 14.6 Å². The van der Waals surface area contributed by atoms with Gasteiger partial charge in [-0.1, -0.05) is 6.07 Å². The minimum Gasteiger partial charge on any atom is -0.478 e. The van der Waals surface area contributed by atoms with E-state index in [9.17, 15) is 4.79 Å². The van der Waals surface area contributed by atoms with E-state index in [1.54, 1.807) is 24.6 Å². The topological polar surface area (TPSA) is 59.4 Å². The summed E-state index contributed by atoms with van der Waals surface area (Å²) in [6.07, 6.45) is 5.12. The first kappa shape index (κ1) is 10.5. The lowest BCUT2D eigenvalue weighted by Crippen LogP contribution is -2.27. The summed E-state index contributed by atoms with van der Waals surface area (Å²) < 4.78 is 5.50. The fourth-order valence-corrected chi connectivity index (χ4v) is 1.84. The second-order valence-electron chi connectivity index (χ2n) is 3.92. The maximum Gasteiger partial charge on any atom is 0.335 e. The highest BCUT2D eigenvalue weighted by Gasteiger charge is 2.09. The van der Waals surface area contributed by atoms with Crippen LogP contribution in [-0.4, -0.2) is 16.1 Å². The van der Waals surface area contributed by atoms with E-state index in [1.165, 1.54) is 6.07 Å². The van der Waals surface area contributed by atoms with E-state index >= 15 is 0 Å². The molecule has 0 aliphatic carbocycles. The molecule has 4 nitrogen and oxygen atoms in total. The van der Waals surface area contributed by atoms with E-state index in [4.69, 9.17) is 9.84 Å². The molecule has 1 N–H and O–H groups in total. The van der Waals surface area contributed by atoms with Gasteiger partial charge in [-0.3, -0.25) is 4.98 Å². The number of rotatable bonds is 1. The molecule has 1 aliphatic heterocycles. The minimum atomic E-state index is -0.953. The van der Waals surface area contributed by atoms with E-state index in [0.29, 0.717) is 5.75 Å². The Balaban J connectivity index is 2.26. The Morgan fingerprint density at radius 1 is 1.28 bits per heavy atom. The van der Waals surface area contributed by atoms with Crippen LogP contribution in [0.2, 0.25) is 0 Å². The first-order valence-electron chi connectivity index (χ1n) is 5.41. The number of ether oxygens (including phenoxy) is 1. The van der Waals surface area contributed by atoms with E-state index in [0.717, 1.165) is 16.1 Å². The van der Waals surface area contributed by atoms with Gasteiger partial charge in [0.1, 0.15) is 17.4 Å². The number of fused-ring (bicyclic) bond motifs is 2. The van der Waals surface area contributed by atoms with Gasteiger partial charge in [0.2, 0.25) is 0 Å². The summed E-state index contributed by atoms with van der Waals surface area (Å²) in [4.78, 5) is 15.1.